The molecule has 3 aromatic rings. The number of benzene rings is 3. The predicted octanol–water partition coefficient (Wildman–Crippen LogP) is 3.95. The summed E-state index contributed by atoms with van der Waals surface area (Å²) in [4.78, 5) is 0.285. The van der Waals surface area contributed by atoms with Crippen LogP contribution in [0.1, 0.15) is 17.5 Å². The molecule has 180 valence electrons. The SMILES string of the molecule is COc1ccc(S(=O)(=O)N2CCCc3cc(NS(=O)(=O)c4ccc(OC)c(C)c4)ccc32)cc1. The van der Waals surface area contributed by atoms with Crippen molar-refractivity contribution in [2.75, 3.05) is 29.8 Å². The van der Waals surface area contributed by atoms with Gasteiger partial charge in [-0.15, -0.1) is 0 Å². The molecule has 0 aliphatic carbocycles. The molecule has 1 aliphatic rings. The molecule has 1 heterocycles. The molecule has 3 aromatic carbocycles. The summed E-state index contributed by atoms with van der Waals surface area (Å²) in [7, 11) is -4.56. The summed E-state index contributed by atoms with van der Waals surface area (Å²) in [6, 6.07) is 15.8. The van der Waals surface area contributed by atoms with E-state index in [1.807, 2.05) is 0 Å². The van der Waals surface area contributed by atoms with Crippen LogP contribution < -0.4 is 18.5 Å². The van der Waals surface area contributed by atoms with Crippen LogP contribution >= 0.6 is 0 Å². The Kier molecular flexibility index (Phi) is 6.46. The average Bonchev–Trinajstić information content (AvgIpc) is 2.83. The van der Waals surface area contributed by atoms with E-state index in [2.05, 4.69) is 4.72 Å². The van der Waals surface area contributed by atoms with Crippen molar-refractivity contribution in [3.8, 4) is 11.5 Å². The first-order valence-electron chi connectivity index (χ1n) is 10.6. The fourth-order valence-electron chi connectivity index (χ4n) is 3.98. The number of ether oxygens (including phenoxy) is 2. The van der Waals surface area contributed by atoms with Gasteiger partial charge in [-0.25, -0.2) is 16.8 Å². The molecule has 0 fully saturated rings. The third kappa shape index (κ3) is 4.55. The summed E-state index contributed by atoms with van der Waals surface area (Å²) >= 11 is 0. The molecule has 0 saturated heterocycles. The third-order valence-corrected chi connectivity index (χ3v) is 8.94. The van der Waals surface area contributed by atoms with Gasteiger partial charge in [-0.3, -0.25) is 9.03 Å². The zero-order valence-electron chi connectivity index (χ0n) is 19.1. The highest BCUT2D eigenvalue weighted by Crippen LogP contribution is 2.35. The number of sulfonamides is 2. The van der Waals surface area contributed by atoms with Crippen LogP contribution in [-0.2, 0) is 26.5 Å². The van der Waals surface area contributed by atoms with Crippen molar-refractivity contribution in [3.05, 3.63) is 71.8 Å². The molecule has 4 rings (SSSR count). The van der Waals surface area contributed by atoms with Crippen molar-refractivity contribution in [3.63, 3.8) is 0 Å². The number of anilines is 2. The topological polar surface area (TPSA) is 102 Å². The van der Waals surface area contributed by atoms with Gasteiger partial charge in [0, 0.05) is 12.2 Å². The van der Waals surface area contributed by atoms with E-state index in [0.29, 0.717) is 47.8 Å². The molecular weight excluding hydrogens is 476 g/mol. The van der Waals surface area contributed by atoms with Gasteiger partial charge in [-0.2, -0.15) is 0 Å². The quantitative estimate of drug-likeness (QED) is 0.525. The Balaban J connectivity index is 1.62. The van der Waals surface area contributed by atoms with Gasteiger partial charge in [0.2, 0.25) is 0 Å². The van der Waals surface area contributed by atoms with Crippen LogP contribution in [0.15, 0.2) is 70.5 Å². The largest absolute Gasteiger partial charge is 0.497 e. The molecule has 0 radical (unpaired) electrons. The van der Waals surface area contributed by atoms with Gasteiger partial charge in [0.05, 0.1) is 29.7 Å². The minimum Gasteiger partial charge on any atom is -0.497 e. The Bertz CT molecular complexity index is 1420. The highest BCUT2D eigenvalue weighted by molar-refractivity contribution is 7.93. The Hall–Kier alpha value is -3.24. The lowest BCUT2D eigenvalue weighted by molar-refractivity contribution is 0.411. The molecule has 0 unspecified atom stereocenters. The zero-order chi connectivity index (χ0) is 24.5. The van der Waals surface area contributed by atoms with Crippen LogP contribution in [0.4, 0.5) is 11.4 Å². The molecule has 0 amide bonds. The van der Waals surface area contributed by atoms with Gasteiger partial charge >= 0.3 is 0 Å². The van der Waals surface area contributed by atoms with Crippen molar-refractivity contribution >= 4 is 31.4 Å². The normalized spacial score (nSPS) is 13.8. The smallest absolute Gasteiger partial charge is 0.264 e. The number of aryl methyl sites for hydroxylation is 2. The van der Waals surface area contributed by atoms with E-state index in [1.54, 1.807) is 49.4 Å². The first-order chi connectivity index (χ1) is 16.2. The van der Waals surface area contributed by atoms with E-state index < -0.39 is 20.0 Å². The number of nitrogens with zero attached hydrogens (tertiary/aromatic N) is 1. The van der Waals surface area contributed by atoms with Gasteiger partial charge < -0.3 is 9.47 Å². The Labute approximate surface area is 200 Å². The van der Waals surface area contributed by atoms with Crippen LogP contribution in [0.2, 0.25) is 0 Å². The second kappa shape index (κ2) is 9.19. The molecule has 0 bridgehead atoms. The lowest BCUT2D eigenvalue weighted by atomic mass is 10.0. The highest BCUT2D eigenvalue weighted by Gasteiger charge is 2.29. The maximum Gasteiger partial charge on any atom is 0.264 e. The standard InChI is InChI=1S/C24H26N2O6S2/c1-17-15-22(11-13-24(17)32-3)33(27,28)25-19-6-12-23-18(16-19)5-4-14-26(23)34(29,30)21-9-7-20(31-2)8-10-21/h6-13,15-16,25H,4-5,14H2,1-3H3. The maximum atomic E-state index is 13.3. The Morgan fingerprint density at radius 2 is 1.56 bits per heavy atom. The second-order valence-electron chi connectivity index (χ2n) is 7.94. The van der Waals surface area contributed by atoms with Crippen molar-refractivity contribution in [2.45, 2.75) is 29.6 Å². The summed E-state index contributed by atoms with van der Waals surface area (Å²) in [5, 5.41) is 0. The van der Waals surface area contributed by atoms with Crippen LogP contribution in [0.3, 0.4) is 0 Å². The first kappa shape index (κ1) is 23.9. The summed E-state index contributed by atoms with van der Waals surface area (Å²) in [5.41, 5.74) is 2.38. The minimum atomic E-state index is -3.83. The van der Waals surface area contributed by atoms with Gasteiger partial charge in [-0.1, -0.05) is 0 Å². The second-order valence-corrected chi connectivity index (χ2v) is 11.5. The molecule has 1 aliphatic heterocycles. The zero-order valence-corrected chi connectivity index (χ0v) is 20.7. The van der Waals surface area contributed by atoms with Gasteiger partial charge in [0.15, 0.2) is 0 Å². The molecular formula is C24H26N2O6S2. The molecule has 0 saturated carbocycles. The maximum absolute atomic E-state index is 13.3. The molecule has 10 heteroatoms. The van der Waals surface area contributed by atoms with Crippen molar-refractivity contribution in [2.24, 2.45) is 0 Å². The van der Waals surface area contributed by atoms with Crippen LogP contribution in [-0.4, -0.2) is 37.6 Å². The number of hydrogen-bond donors (Lipinski definition) is 1. The summed E-state index contributed by atoms with van der Waals surface area (Å²) in [6.07, 6.45) is 1.26. The highest BCUT2D eigenvalue weighted by atomic mass is 32.2. The fraction of sp³-hybridized carbons (Fsp3) is 0.250. The monoisotopic (exact) mass is 502 g/mol. The lowest BCUT2D eigenvalue weighted by Gasteiger charge is -2.31. The molecule has 0 atom stereocenters. The van der Waals surface area contributed by atoms with Gasteiger partial charge in [0.1, 0.15) is 11.5 Å². The minimum absolute atomic E-state index is 0.118. The van der Waals surface area contributed by atoms with E-state index >= 15 is 0 Å². The van der Waals surface area contributed by atoms with E-state index in [-0.39, 0.29) is 9.79 Å². The van der Waals surface area contributed by atoms with E-state index in [4.69, 9.17) is 9.47 Å². The first-order valence-corrected chi connectivity index (χ1v) is 13.6. The van der Waals surface area contributed by atoms with Crippen LogP contribution in [0.25, 0.3) is 0 Å². The predicted molar refractivity (Wildman–Crippen MR) is 131 cm³/mol. The number of rotatable bonds is 7. The molecule has 34 heavy (non-hydrogen) atoms. The molecule has 8 nitrogen and oxygen atoms in total. The lowest BCUT2D eigenvalue weighted by Crippen LogP contribution is -2.35. The van der Waals surface area contributed by atoms with Gasteiger partial charge in [0.25, 0.3) is 20.0 Å². The van der Waals surface area contributed by atoms with Gasteiger partial charge in [-0.05, 0) is 91.6 Å². The van der Waals surface area contributed by atoms with Crippen molar-refractivity contribution < 1.29 is 26.3 Å². The van der Waals surface area contributed by atoms with E-state index in [1.165, 1.54) is 36.7 Å². The fourth-order valence-corrected chi connectivity index (χ4v) is 6.66. The number of nitrogens with one attached hydrogen (secondary N) is 1. The number of methoxy groups -OCH3 is 2. The van der Waals surface area contributed by atoms with Crippen molar-refractivity contribution in [1.82, 2.24) is 0 Å². The summed E-state index contributed by atoms with van der Waals surface area (Å²) in [6.45, 7) is 2.12. The van der Waals surface area contributed by atoms with Crippen LogP contribution in [0.5, 0.6) is 11.5 Å². The molecule has 0 spiro atoms. The number of hydrogen-bond acceptors (Lipinski definition) is 6. The molecule has 0 aromatic heterocycles. The van der Waals surface area contributed by atoms with E-state index in [0.717, 1.165) is 5.56 Å². The molecule has 1 N–H and O–H groups in total. The average molecular weight is 503 g/mol. The van der Waals surface area contributed by atoms with E-state index in [9.17, 15) is 16.8 Å². The third-order valence-electron chi connectivity index (χ3n) is 5.73. The summed E-state index contributed by atoms with van der Waals surface area (Å²) < 4.78 is 66.7. The number of fused-ring (bicyclic) bond motifs is 1. The Morgan fingerprint density at radius 1 is 0.853 bits per heavy atom. The van der Waals surface area contributed by atoms with Crippen molar-refractivity contribution in [1.29, 1.82) is 0 Å². The van der Waals surface area contributed by atoms with Crippen LogP contribution in [0, 0.1) is 6.92 Å². The summed E-state index contributed by atoms with van der Waals surface area (Å²) in [5.74, 6) is 1.17. The Morgan fingerprint density at radius 3 is 2.21 bits per heavy atom.